The van der Waals surface area contributed by atoms with Crippen molar-refractivity contribution < 1.29 is 42.4 Å². The van der Waals surface area contributed by atoms with Gasteiger partial charge in [-0.3, -0.25) is 4.55 Å². The molecule has 0 saturated carbocycles. The van der Waals surface area contributed by atoms with Gasteiger partial charge in [-0.15, -0.1) is 0 Å². The first-order valence-electron chi connectivity index (χ1n) is 9.45. The van der Waals surface area contributed by atoms with Gasteiger partial charge in [0.05, 0.1) is 6.61 Å². The molecule has 1 fully saturated rings. The number of aliphatic hydroxyl groups is 4. The largest absolute Gasteiger partial charge is 0.466 e. The molecule has 0 radical (unpaired) electrons. The average Bonchev–Trinajstić information content (AvgIpc) is 2.75. The molecule has 0 aromatic heterocycles. The van der Waals surface area contributed by atoms with Crippen LogP contribution in [0.1, 0.15) is 33.3 Å². The maximum absolute atomic E-state index is 10.8. The summed E-state index contributed by atoms with van der Waals surface area (Å²) in [4.78, 5) is 0. The first-order chi connectivity index (χ1) is 14.2. The first-order valence-corrected chi connectivity index (χ1v) is 11.7. The summed E-state index contributed by atoms with van der Waals surface area (Å²) >= 11 is 0.729. The standard InChI is InChI=1S/C14H19NO9S2.2C2H6/c16-7-9-11(17)12(18)13(19)14(23-9)25-10(15-24-26(20,21)22)6-8-4-2-1-3-5-8;2*1-2/h1-5,9,11-14,16-19H,6-7H2,(H,20,21,22);2*1-2H3/b15-10+;;/t9-,11-,12+,13-,14+;;/m1../s1. The van der Waals surface area contributed by atoms with E-state index in [1.165, 1.54) is 0 Å². The summed E-state index contributed by atoms with van der Waals surface area (Å²) in [5, 5.41) is 42.2. The maximum Gasteiger partial charge on any atom is 0.466 e. The highest BCUT2D eigenvalue weighted by atomic mass is 32.3. The monoisotopic (exact) mass is 469 g/mol. The van der Waals surface area contributed by atoms with E-state index in [2.05, 4.69) is 9.44 Å². The number of rotatable bonds is 6. The van der Waals surface area contributed by atoms with Gasteiger partial charge in [0.25, 0.3) is 0 Å². The second kappa shape index (κ2) is 14.7. The van der Waals surface area contributed by atoms with Gasteiger partial charge in [-0.2, -0.15) is 8.42 Å². The maximum atomic E-state index is 10.8. The fourth-order valence-corrected chi connectivity index (χ4v) is 3.58. The number of benzene rings is 1. The van der Waals surface area contributed by atoms with Gasteiger partial charge < -0.3 is 25.2 Å². The second-order valence-electron chi connectivity index (χ2n) is 5.46. The lowest BCUT2D eigenvalue weighted by molar-refractivity contribution is -0.205. The van der Waals surface area contributed by atoms with Crippen molar-refractivity contribution >= 4 is 27.2 Å². The summed E-state index contributed by atoms with van der Waals surface area (Å²) in [5.41, 5.74) is -0.444. The van der Waals surface area contributed by atoms with E-state index < -0.39 is 46.9 Å². The minimum atomic E-state index is -4.83. The summed E-state index contributed by atoms with van der Waals surface area (Å²) in [6.45, 7) is 7.40. The second-order valence-corrected chi connectivity index (χ2v) is 7.64. The van der Waals surface area contributed by atoms with Crippen molar-refractivity contribution in [2.75, 3.05) is 6.61 Å². The lowest BCUT2D eigenvalue weighted by atomic mass is 10.0. The van der Waals surface area contributed by atoms with E-state index in [4.69, 9.17) is 9.29 Å². The van der Waals surface area contributed by atoms with Crippen LogP contribution >= 0.6 is 11.8 Å². The Morgan fingerprint density at radius 2 is 1.63 bits per heavy atom. The average molecular weight is 470 g/mol. The van der Waals surface area contributed by atoms with Gasteiger partial charge in [-0.05, 0) is 5.56 Å². The molecule has 0 aliphatic carbocycles. The SMILES string of the molecule is CC.CC.O=S(=O)(O)O/N=C(\Cc1ccccc1)S[C@@H]1O[C@H](CO)[C@@H](O)[C@H](O)[C@H]1O. The van der Waals surface area contributed by atoms with E-state index in [1.54, 1.807) is 30.3 Å². The summed E-state index contributed by atoms with van der Waals surface area (Å²) in [5.74, 6) is 0. The van der Waals surface area contributed by atoms with Crippen molar-refractivity contribution in [1.29, 1.82) is 0 Å². The molecule has 0 bridgehead atoms. The van der Waals surface area contributed by atoms with Crippen LogP contribution in [0.2, 0.25) is 0 Å². The van der Waals surface area contributed by atoms with Crippen LogP contribution in [0.25, 0.3) is 0 Å². The smallest absolute Gasteiger partial charge is 0.394 e. The number of hydrogen-bond donors (Lipinski definition) is 5. The molecule has 0 spiro atoms. The summed E-state index contributed by atoms with van der Waals surface area (Å²) in [6.07, 6.45) is -5.68. The third kappa shape index (κ3) is 9.71. The highest BCUT2D eigenvalue weighted by Gasteiger charge is 2.44. The van der Waals surface area contributed by atoms with Crippen molar-refractivity contribution in [1.82, 2.24) is 0 Å². The van der Waals surface area contributed by atoms with Crippen LogP contribution in [0.4, 0.5) is 0 Å². The Bertz CT molecular complexity index is 714. The first kappa shape index (κ1) is 28.8. The third-order valence-electron chi connectivity index (χ3n) is 3.53. The van der Waals surface area contributed by atoms with E-state index >= 15 is 0 Å². The van der Waals surface area contributed by atoms with Gasteiger partial charge in [0.15, 0.2) is 0 Å². The summed E-state index contributed by atoms with van der Waals surface area (Å²) in [6, 6.07) is 8.73. The van der Waals surface area contributed by atoms with Crippen molar-refractivity contribution in [3.8, 4) is 0 Å². The molecule has 5 N–H and O–H groups in total. The van der Waals surface area contributed by atoms with E-state index in [-0.39, 0.29) is 11.5 Å². The number of nitrogens with zero attached hydrogens (tertiary/aromatic N) is 1. The van der Waals surface area contributed by atoms with E-state index in [1.807, 2.05) is 27.7 Å². The molecule has 30 heavy (non-hydrogen) atoms. The Kier molecular flexibility index (Phi) is 14.1. The molecule has 1 aromatic carbocycles. The normalized spacial score (nSPS) is 26.6. The van der Waals surface area contributed by atoms with E-state index in [0.29, 0.717) is 0 Å². The number of thioether (sulfide) groups is 1. The minimum absolute atomic E-state index is 0.0122. The lowest BCUT2D eigenvalue weighted by Crippen LogP contribution is -2.57. The predicted octanol–water partition coefficient (Wildman–Crippen LogP) is 0.947. The molecule has 1 aliphatic rings. The molecule has 0 unspecified atom stereocenters. The Balaban J connectivity index is 0.00000198. The summed E-state index contributed by atoms with van der Waals surface area (Å²) < 4.78 is 39.6. The Labute approximate surface area is 181 Å². The zero-order valence-electron chi connectivity index (χ0n) is 17.3. The predicted molar refractivity (Wildman–Crippen MR) is 114 cm³/mol. The topological polar surface area (TPSA) is 166 Å². The number of ether oxygens (including phenoxy) is 1. The van der Waals surface area contributed by atoms with Crippen molar-refractivity contribution in [3.05, 3.63) is 35.9 Å². The zero-order chi connectivity index (χ0) is 23.3. The molecule has 2 rings (SSSR count). The van der Waals surface area contributed by atoms with Crippen LogP contribution in [-0.4, -0.2) is 74.9 Å². The van der Waals surface area contributed by atoms with Gasteiger partial charge >= 0.3 is 10.4 Å². The lowest BCUT2D eigenvalue weighted by Gasteiger charge is -2.39. The molecule has 0 amide bonds. The third-order valence-corrected chi connectivity index (χ3v) is 4.91. The molecule has 1 saturated heterocycles. The molecule has 12 heteroatoms. The van der Waals surface area contributed by atoms with Gasteiger partial charge in [0, 0.05) is 6.42 Å². The molecule has 10 nitrogen and oxygen atoms in total. The molecular formula is C18H31NO9S2. The number of oxime groups is 1. The van der Waals surface area contributed by atoms with Gasteiger partial charge in [-0.25, -0.2) is 4.28 Å². The van der Waals surface area contributed by atoms with Gasteiger partial charge in [0.2, 0.25) is 0 Å². The van der Waals surface area contributed by atoms with Gasteiger partial charge in [-0.1, -0.05) is 74.9 Å². The van der Waals surface area contributed by atoms with Crippen LogP contribution in [0.3, 0.4) is 0 Å². The van der Waals surface area contributed by atoms with Gasteiger partial charge in [0.1, 0.15) is 34.9 Å². The fraction of sp³-hybridized carbons (Fsp3) is 0.611. The molecule has 5 atom stereocenters. The van der Waals surface area contributed by atoms with Crippen molar-refractivity contribution in [2.45, 2.75) is 64.0 Å². The molecule has 1 aliphatic heterocycles. The Hall–Kier alpha value is -1.25. The van der Waals surface area contributed by atoms with Crippen LogP contribution in [0.5, 0.6) is 0 Å². The molecule has 174 valence electrons. The number of hydrogen-bond acceptors (Lipinski definition) is 10. The molecule has 1 aromatic rings. The highest BCUT2D eigenvalue weighted by Crippen LogP contribution is 2.30. The van der Waals surface area contributed by atoms with Crippen molar-refractivity contribution in [3.63, 3.8) is 0 Å². The Morgan fingerprint density at radius 3 is 2.13 bits per heavy atom. The molecular weight excluding hydrogens is 438 g/mol. The highest BCUT2D eigenvalue weighted by molar-refractivity contribution is 8.14. The fourth-order valence-electron chi connectivity index (χ4n) is 2.25. The van der Waals surface area contributed by atoms with Crippen LogP contribution in [-0.2, 0) is 25.8 Å². The number of aliphatic hydroxyl groups excluding tert-OH is 4. The zero-order valence-corrected chi connectivity index (χ0v) is 19.0. The van der Waals surface area contributed by atoms with E-state index in [0.717, 1.165) is 17.3 Å². The van der Waals surface area contributed by atoms with Crippen LogP contribution in [0, 0.1) is 0 Å². The Morgan fingerprint density at radius 1 is 1.07 bits per heavy atom. The van der Waals surface area contributed by atoms with Crippen LogP contribution < -0.4 is 0 Å². The van der Waals surface area contributed by atoms with E-state index in [9.17, 15) is 28.8 Å². The summed E-state index contributed by atoms with van der Waals surface area (Å²) in [7, 11) is -4.83. The van der Waals surface area contributed by atoms with Crippen LogP contribution in [0.15, 0.2) is 35.5 Å². The molecule has 1 heterocycles. The quantitative estimate of drug-likeness (QED) is 0.175. The minimum Gasteiger partial charge on any atom is -0.394 e. The van der Waals surface area contributed by atoms with Crippen molar-refractivity contribution in [2.24, 2.45) is 5.16 Å².